The van der Waals surface area contributed by atoms with Crippen molar-refractivity contribution in [2.24, 2.45) is 0 Å². The van der Waals surface area contributed by atoms with Gasteiger partial charge in [0.2, 0.25) is 0 Å². The first kappa shape index (κ1) is 14.3. The Morgan fingerprint density at radius 1 is 1.11 bits per heavy atom. The number of pyridine rings is 1. The smallest absolute Gasteiger partial charge is 0.151 e. The van der Waals surface area contributed by atoms with Gasteiger partial charge in [0.1, 0.15) is 17.5 Å². The maximum absolute atomic E-state index is 13.6. The standard InChI is InChI=1S/C11H6BrCl2F2N3/c12-4-1-9(8(16)3-7(4)15)18-11-6(14)2-5(13)10(17)19-11/h1-3H,(H3,17,18,19). The maximum atomic E-state index is 13.6. The van der Waals surface area contributed by atoms with E-state index in [1.54, 1.807) is 0 Å². The minimum absolute atomic E-state index is 0.00407. The van der Waals surface area contributed by atoms with Gasteiger partial charge in [-0.15, -0.1) is 0 Å². The predicted octanol–water partition coefficient (Wildman–Crippen LogP) is 4.75. The quantitative estimate of drug-likeness (QED) is 0.751. The number of halogens is 5. The largest absolute Gasteiger partial charge is 0.382 e. The molecule has 0 saturated heterocycles. The van der Waals surface area contributed by atoms with E-state index in [2.05, 4.69) is 26.2 Å². The molecule has 8 heteroatoms. The second kappa shape index (κ2) is 5.48. The van der Waals surface area contributed by atoms with Crippen molar-refractivity contribution < 1.29 is 8.78 Å². The maximum Gasteiger partial charge on any atom is 0.151 e. The number of aromatic nitrogens is 1. The van der Waals surface area contributed by atoms with Crippen LogP contribution in [0.2, 0.25) is 10.0 Å². The molecule has 0 aliphatic rings. The van der Waals surface area contributed by atoms with Crippen molar-refractivity contribution in [3.05, 3.63) is 44.4 Å². The zero-order chi connectivity index (χ0) is 14.2. The third-order valence-corrected chi connectivity index (χ3v) is 3.42. The summed E-state index contributed by atoms with van der Waals surface area (Å²) < 4.78 is 26.8. The van der Waals surface area contributed by atoms with Crippen molar-refractivity contribution in [2.75, 3.05) is 11.1 Å². The number of hydrogen-bond donors (Lipinski definition) is 2. The van der Waals surface area contributed by atoms with Crippen LogP contribution in [0.3, 0.4) is 0 Å². The second-order valence-corrected chi connectivity index (χ2v) is 5.23. The normalized spacial score (nSPS) is 10.6. The van der Waals surface area contributed by atoms with Gasteiger partial charge in [-0.05, 0) is 28.1 Å². The Bertz CT molecular complexity index is 597. The summed E-state index contributed by atoms with van der Waals surface area (Å²) in [5.74, 6) is -1.32. The lowest BCUT2D eigenvalue weighted by atomic mass is 10.3. The average molecular weight is 369 g/mol. The van der Waals surface area contributed by atoms with Crippen molar-refractivity contribution >= 4 is 56.5 Å². The highest BCUT2D eigenvalue weighted by atomic mass is 79.9. The van der Waals surface area contributed by atoms with Crippen LogP contribution in [0.25, 0.3) is 0 Å². The molecule has 1 aromatic heterocycles. The fraction of sp³-hybridized carbons (Fsp3) is 0. The molecule has 1 aromatic carbocycles. The summed E-state index contributed by atoms with van der Waals surface area (Å²) in [6, 6.07) is 3.34. The SMILES string of the molecule is Nc1nc(Nc2cc(Br)c(F)cc2F)c(Cl)cc1Cl. The van der Waals surface area contributed by atoms with E-state index in [9.17, 15) is 8.78 Å². The van der Waals surface area contributed by atoms with Crippen LogP contribution < -0.4 is 11.1 Å². The zero-order valence-electron chi connectivity index (χ0n) is 9.15. The van der Waals surface area contributed by atoms with Gasteiger partial charge in [0.05, 0.1) is 20.2 Å². The van der Waals surface area contributed by atoms with E-state index in [0.717, 1.165) is 6.07 Å². The molecule has 1 heterocycles. The molecule has 0 spiro atoms. The van der Waals surface area contributed by atoms with Gasteiger partial charge < -0.3 is 11.1 Å². The molecule has 0 aliphatic carbocycles. The minimum atomic E-state index is -0.785. The molecule has 0 atom stereocenters. The number of rotatable bonds is 2. The molecule has 19 heavy (non-hydrogen) atoms. The summed E-state index contributed by atoms with van der Waals surface area (Å²) in [6.45, 7) is 0. The Labute approximate surface area is 125 Å². The van der Waals surface area contributed by atoms with Crippen LogP contribution >= 0.6 is 39.1 Å². The average Bonchev–Trinajstić information content (AvgIpc) is 2.32. The van der Waals surface area contributed by atoms with Crippen LogP contribution in [-0.4, -0.2) is 4.98 Å². The molecule has 2 aromatic rings. The molecule has 0 aliphatic heterocycles. The molecule has 3 nitrogen and oxygen atoms in total. The number of nitrogens with one attached hydrogen (secondary N) is 1. The lowest BCUT2D eigenvalue weighted by Gasteiger charge is -2.10. The van der Waals surface area contributed by atoms with Crippen LogP contribution in [0.4, 0.5) is 26.1 Å². The van der Waals surface area contributed by atoms with Crippen LogP contribution in [0.5, 0.6) is 0 Å². The molecule has 3 N–H and O–H groups in total. The lowest BCUT2D eigenvalue weighted by molar-refractivity contribution is 0.581. The highest BCUT2D eigenvalue weighted by Gasteiger charge is 2.12. The number of nitrogen functional groups attached to an aromatic ring is 1. The van der Waals surface area contributed by atoms with Gasteiger partial charge in [-0.1, -0.05) is 23.2 Å². The van der Waals surface area contributed by atoms with E-state index in [0.29, 0.717) is 0 Å². The van der Waals surface area contributed by atoms with E-state index in [1.165, 1.54) is 12.1 Å². The first-order valence-electron chi connectivity index (χ1n) is 4.91. The predicted molar refractivity (Wildman–Crippen MR) is 76.0 cm³/mol. The lowest BCUT2D eigenvalue weighted by Crippen LogP contribution is -2.01. The van der Waals surface area contributed by atoms with Gasteiger partial charge in [-0.25, -0.2) is 13.8 Å². The van der Waals surface area contributed by atoms with Gasteiger partial charge in [-0.3, -0.25) is 0 Å². The molecule has 0 unspecified atom stereocenters. The van der Waals surface area contributed by atoms with Gasteiger partial charge >= 0.3 is 0 Å². The summed E-state index contributed by atoms with van der Waals surface area (Å²) in [6.07, 6.45) is 0. The molecule has 0 amide bonds. The summed E-state index contributed by atoms with van der Waals surface area (Å²) >= 11 is 14.6. The number of hydrogen-bond acceptors (Lipinski definition) is 3. The van der Waals surface area contributed by atoms with Gasteiger partial charge in [0.15, 0.2) is 5.82 Å². The molecule has 0 radical (unpaired) electrons. The van der Waals surface area contributed by atoms with Gasteiger partial charge in [0.25, 0.3) is 0 Å². The molecular weight excluding hydrogens is 363 g/mol. The summed E-state index contributed by atoms with van der Waals surface area (Å²) in [4.78, 5) is 3.89. The van der Waals surface area contributed by atoms with E-state index in [-0.39, 0.29) is 31.8 Å². The summed E-state index contributed by atoms with van der Waals surface area (Å²) in [5.41, 5.74) is 5.53. The Morgan fingerprint density at radius 2 is 1.79 bits per heavy atom. The molecule has 2 rings (SSSR count). The van der Waals surface area contributed by atoms with Crippen LogP contribution in [0, 0.1) is 11.6 Å². The number of nitrogens with two attached hydrogens (primary N) is 1. The molecule has 0 saturated carbocycles. The Balaban J connectivity index is 2.42. The first-order valence-corrected chi connectivity index (χ1v) is 6.46. The molecule has 0 fully saturated rings. The van der Waals surface area contributed by atoms with Crippen LogP contribution in [0.15, 0.2) is 22.7 Å². The highest BCUT2D eigenvalue weighted by Crippen LogP contribution is 2.31. The highest BCUT2D eigenvalue weighted by molar-refractivity contribution is 9.10. The number of anilines is 3. The van der Waals surface area contributed by atoms with Crippen molar-refractivity contribution in [3.63, 3.8) is 0 Å². The van der Waals surface area contributed by atoms with E-state index in [4.69, 9.17) is 28.9 Å². The summed E-state index contributed by atoms with van der Waals surface area (Å²) in [7, 11) is 0. The van der Waals surface area contributed by atoms with E-state index < -0.39 is 11.6 Å². The Hall–Kier alpha value is -1.11. The first-order chi connectivity index (χ1) is 8.88. The van der Waals surface area contributed by atoms with Gasteiger partial charge in [0, 0.05) is 6.07 Å². The van der Waals surface area contributed by atoms with E-state index >= 15 is 0 Å². The molecular formula is C11H6BrCl2F2N3. The fourth-order valence-electron chi connectivity index (χ4n) is 1.31. The van der Waals surface area contributed by atoms with Crippen LogP contribution in [-0.2, 0) is 0 Å². The third-order valence-electron chi connectivity index (χ3n) is 2.22. The van der Waals surface area contributed by atoms with E-state index in [1.807, 2.05) is 0 Å². The summed E-state index contributed by atoms with van der Waals surface area (Å²) in [5, 5.41) is 2.98. The van der Waals surface area contributed by atoms with Crippen LogP contribution in [0.1, 0.15) is 0 Å². The van der Waals surface area contributed by atoms with Crippen molar-refractivity contribution in [1.82, 2.24) is 4.98 Å². The van der Waals surface area contributed by atoms with Gasteiger partial charge in [-0.2, -0.15) is 0 Å². The fourth-order valence-corrected chi connectivity index (χ4v) is 2.06. The zero-order valence-corrected chi connectivity index (χ0v) is 12.2. The van der Waals surface area contributed by atoms with Crippen molar-refractivity contribution in [3.8, 4) is 0 Å². The van der Waals surface area contributed by atoms with Crippen molar-refractivity contribution in [2.45, 2.75) is 0 Å². The molecule has 100 valence electrons. The molecule has 0 bridgehead atoms. The Morgan fingerprint density at radius 3 is 2.47 bits per heavy atom. The minimum Gasteiger partial charge on any atom is -0.382 e. The Kier molecular flexibility index (Phi) is 4.13. The van der Waals surface area contributed by atoms with Crippen molar-refractivity contribution in [1.29, 1.82) is 0 Å². The third kappa shape index (κ3) is 3.08. The number of benzene rings is 1. The second-order valence-electron chi connectivity index (χ2n) is 3.56. The topological polar surface area (TPSA) is 50.9 Å². The number of nitrogens with zero attached hydrogens (tertiary/aromatic N) is 1. The monoisotopic (exact) mass is 367 g/mol.